The van der Waals surface area contributed by atoms with E-state index in [0.29, 0.717) is 24.8 Å². The maximum atomic E-state index is 12.3. The summed E-state index contributed by atoms with van der Waals surface area (Å²) in [5.41, 5.74) is 1.10. The minimum Gasteiger partial charge on any atom is -0.493 e. The van der Waals surface area contributed by atoms with Crippen LogP contribution in [0.5, 0.6) is 5.75 Å². The highest BCUT2D eigenvalue weighted by atomic mass is 32.1. The molecule has 0 bridgehead atoms. The van der Waals surface area contributed by atoms with Crippen molar-refractivity contribution in [2.45, 2.75) is 26.2 Å². The van der Waals surface area contributed by atoms with Gasteiger partial charge in [0.1, 0.15) is 11.6 Å². The third-order valence-corrected chi connectivity index (χ3v) is 5.96. The highest BCUT2D eigenvalue weighted by Crippen LogP contribution is 2.43. The Morgan fingerprint density at radius 3 is 2.96 bits per heavy atom. The van der Waals surface area contributed by atoms with Crippen molar-refractivity contribution in [1.29, 1.82) is 0 Å². The molecule has 0 radical (unpaired) electrons. The second-order valence-electron chi connectivity index (χ2n) is 7.39. The summed E-state index contributed by atoms with van der Waals surface area (Å²) >= 11 is 1.67. The first kappa shape index (κ1) is 18.3. The number of nitrogens with one attached hydrogen (secondary N) is 1. The number of thiazole rings is 1. The van der Waals surface area contributed by atoms with Crippen LogP contribution in [0.4, 0.5) is 10.9 Å². The normalized spacial score (nSPS) is 19.7. The second kappa shape index (κ2) is 7.86. The number of aromatic nitrogens is 1. The Labute approximate surface area is 163 Å². The van der Waals surface area contributed by atoms with E-state index in [-0.39, 0.29) is 11.8 Å². The van der Waals surface area contributed by atoms with Crippen LogP contribution in [-0.2, 0) is 9.53 Å². The van der Waals surface area contributed by atoms with E-state index >= 15 is 0 Å². The number of morpholine rings is 1. The zero-order chi connectivity index (χ0) is 18.8. The van der Waals surface area contributed by atoms with Crippen LogP contribution in [-0.4, -0.2) is 43.8 Å². The molecule has 6 nitrogen and oxygen atoms in total. The molecule has 1 amide bonds. The molecule has 2 aliphatic rings. The van der Waals surface area contributed by atoms with Crippen LogP contribution in [0.25, 0.3) is 0 Å². The molecule has 2 aliphatic heterocycles. The highest BCUT2D eigenvalue weighted by Gasteiger charge is 2.31. The Hall–Kier alpha value is -2.12. The SMILES string of the molecule is CC(C)COc1cccc(C2CC(=O)Nc3nc(N4CCOCC4)sc32)c1. The molecule has 1 saturated heterocycles. The molecule has 1 atom stereocenters. The van der Waals surface area contributed by atoms with E-state index in [0.717, 1.165) is 47.6 Å². The topological polar surface area (TPSA) is 63.7 Å². The average molecular weight is 388 g/mol. The third kappa shape index (κ3) is 4.09. The number of nitrogens with zero attached hydrogens (tertiary/aromatic N) is 2. The van der Waals surface area contributed by atoms with E-state index < -0.39 is 0 Å². The molecule has 1 fully saturated rings. The van der Waals surface area contributed by atoms with E-state index in [1.165, 1.54) is 0 Å². The van der Waals surface area contributed by atoms with Crippen molar-refractivity contribution in [3.63, 3.8) is 0 Å². The number of benzene rings is 1. The number of hydrogen-bond acceptors (Lipinski definition) is 6. The summed E-state index contributed by atoms with van der Waals surface area (Å²) in [4.78, 5) is 20.3. The molecule has 0 spiro atoms. The van der Waals surface area contributed by atoms with Gasteiger partial charge in [-0.15, -0.1) is 0 Å². The van der Waals surface area contributed by atoms with Gasteiger partial charge in [-0.2, -0.15) is 0 Å². The zero-order valence-electron chi connectivity index (χ0n) is 15.7. The minimum atomic E-state index is 0.0137. The van der Waals surface area contributed by atoms with Gasteiger partial charge < -0.3 is 19.7 Å². The van der Waals surface area contributed by atoms with Crippen molar-refractivity contribution in [1.82, 2.24) is 4.98 Å². The molecule has 1 aromatic heterocycles. The van der Waals surface area contributed by atoms with Crippen molar-refractivity contribution in [2.75, 3.05) is 43.1 Å². The Bertz CT molecular complexity index is 815. The molecule has 1 unspecified atom stereocenters. The molecule has 1 aromatic carbocycles. The number of amides is 1. The van der Waals surface area contributed by atoms with Gasteiger partial charge in [-0.25, -0.2) is 4.98 Å². The summed E-state index contributed by atoms with van der Waals surface area (Å²) in [6.07, 6.45) is 0.436. The summed E-state index contributed by atoms with van der Waals surface area (Å²) in [6.45, 7) is 8.05. The van der Waals surface area contributed by atoms with Gasteiger partial charge in [-0.1, -0.05) is 37.3 Å². The fourth-order valence-electron chi connectivity index (χ4n) is 3.35. The van der Waals surface area contributed by atoms with E-state index in [4.69, 9.17) is 14.5 Å². The van der Waals surface area contributed by atoms with Gasteiger partial charge in [0.2, 0.25) is 5.91 Å². The summed E-state index contributed by atoms with van der Waals surface area (Å²) in [7, 11) is 0. The van der Waals surface area contributed by atoms with Gasteiger partial charge in [0.15, 0.2) is 5.13 Å². The lowest BCUT2D eigenvalue weighted by atomic mass is 9.91. The fraction of sp³-hybridized carbons (Fsp3) is 0.500. The quantitative estimate of drug-likeness (QED) is 0.851. The van der Waals surface area contributed by atoms with Gasteiger partial charge in [0, 0.05) is 25.4 Å². The number of fused-ring (bicyclic) bond motifs is 1. The second-order valence-corrected chi connectivity index (χ2v) is 8.40. The molecule has 27 heavy (non-hydrogen) atoms. The van der Waals surface area contributed by atoms with Crippen LogP contribution >= 0.6 is 11.3 Å². The third-order valence-electron chi connectivity index (χ3n) is 4.73. The number of rotatable bonds is 5. The summed E-state index contributed by atoms with van der Waals surface area (Å²) in [5, 5.41) is 3.91. The predicted molar refractivity (Wildman–Crippen MR) is 107 cm³/mol. The van der Waals surface area contributed by atoms with Gasteiger partial charge in [0.05, 0.1) is 24.7 Å². The van der Waals surface area contributed by atoms with E-state index in [1.54, 1.807) is 11.3 Å². The van der Waals surface area contributed by atoms with Crippen LogP contribution in [0.2, 0.25) is 0 Å². The molecule has 3 heterocycles. The van der Waals surface area contributed by atoms with E-state index in [9.17, 15) is 4.79 Å². The number of anilines is 2. The molecule has 7 heteroatoms. The molecule has 4 rings (SSSR count). The molecule has 144 valence electrons. The predicted octanol–water partition coefficient (Wildman–Crippen LogP) is 3.49. The number of carbonyl (C=O) groups excluding carboxylic acids is 1. The molecule has 0 aliphatic carbocycles. The maximum Gasteiger partial charge on any atom is 0.226 e. The number of ether oxygens (including phenoxy) is 2. The Morgan fingerprint density at radius 2 is 2.19 bits per heavy atom. The summed E-state index contributed by atoms with van der Waals surface area (Å²) in [5.74, 6) is 2.06. The van der Waals surface area contributed by atoms with Gasteiger partial charge in [0.25, 0.3) is 0 Å². The average Bonchev–Trinajstić information content (AvgIpc) is 3.10. The van der Waals surface area contributed by atoms with Crippen LogP contribution < -0.4 is 15.0 Å². The van der Waals surface area contributed by atoms with Crippen molar-refractivity contribution < 1.29 is 14.3 Å². The Morgan fingerprint density at radius 1 is 1.37 bits per heavy atom. The molecule has 2 aromatic rings. The van der Waals surface area contributed by atoms with Crippen molar-refractivity contribution in [3.8, 4) is 5.75 Å². The van der Waals surface area contributed by atoms with Gasteiger partial charge >= 0.3 is 0 Å². The summed E-state index contributed by atoms with van der Waals surface area (Å²) in [6, 6.07) is 8.11. The maximum absolute atomic E-state index is 12.3. The molecular formula is C20H25N3O3S. The van der Waals surface area contributed by atoms with Crippen LogP contribution in [0, 0.1) is 5.92 Å². The monoisotopic (exact) mass is 387 g/mol. The van der Waals surface area contributed by atoms with Crippen LogP contribution in [0.15, 0.2) is 24.3 Å². The van der Waals surface area contributed by atoms with Crippen molar-refractivity contribution >= 4 is 28.2 Å². The highest BCUT2D eigenvalue weighted by molar-refractivity contribution is 7.16. The first-order chi connectivity index (χ1) is 13.1. The number of hydrogen-bond donors (Lipinski definition) is 1. The zero-order valence-corrected chi connectivity index (χ0v) is 16.6. The summed E-state index contributed by atoms with van der Waals surface area (Å²) < 4.78 is 11.3. The standard InChI is InChI=1S/C20H25N3O3S/c1-13(2)12-26-15-5-3-4-14(10-15)16-11-17(24)21-19-18(16)27-20(22-19)23-6-8-25-9-7-23/h3-5,10,13,16H,6-9,11-12H2,1-2H3,(H,21,24). The van der Waals surface area contributed by atoms with Gasteiger partial charge in [-0.05, 0) is 23.6 Å². The Kier molecular flexibility index (Phi) is 5.31. The van der Waals surface area contributed by atoms with E-state index in [1.807, 2.05) is 12.1 Å². The Balaban J connectivity index is 1.62. The van der Waals surface area contributed by atoms with Crippen LogP contribution in [0.1, 0.15) is 36.6 Å². The first-order valence-corrected chi connectivity index (χ1v) is 10.3. The van der Waals surface area contributed by atoms with Gasteiger partial charge in [-0.3, -0.25) is 4.79 Å². The van der Waals surface area contributed by atoms with Crippen molar-refractivity contribution in [3.05, 3.63) is 34.7 Å². The van der Waals surface area contributed by atoms with E-state index in [2.05, 4.69) is 36.2 Å². The first-order valence-electron chi connectivity index (χ1n) is 9.46. The molecular weight excluding hydrogens is 362 g/mol. The smallest absolute Gasteiger partial charge is 0.226 e. The molecule has 0 saturated carbocycles. The van der Waals surface area contributed by atoms with Crippen molar-refractivity contribution in [2.24, 2.45) is 5.92 Å². The fourth-order valence-corrected chi connectivity index (χ4v) is 4.55. The van der Waals surface area contributed by atoms with Crippen LogP contribution in [0.3, 0.4) is 0 Å². The molecule has 1 N–H and O–H groups in total. The minimum absolute atomic E-state index is 0.0137. The lowest BCUT2D eigenvalue weighted by Gasteiger charge is -2.26. The largest absolute Gasteiger partial charge is 0.493 e. The number of carbonyl (C=O) groups is 1. The lowest BCUT2D eigenvalue weighted by Crippen LogP contribution is -2.36. The lowest BCUT2D eigenvalue weighted by molar-refractivity contribution is -0.116.